The third-order valence-corrected chi connectivity index (χ3v) is 2.71. The van der Waals surface area contributed by atoms with Gasteiger partial charge < -0.3 is 0 Å². The van der Waals surface area contributed by atoms with Crippen LogP contribution in [0.5, 0.6) is 0 Å². The molecule has 0 fully saturated rings. The molecule has 0 aliphatic rings. The summed E-state index contributed by atoms with van der Waals surface area (Å²) >= 11 is 0. The third-order valence-electron chi connectivity index (χ3n) is 2.71. The Morgan fingerprint density at radius 1 is 0.824 bits per heavy atom. The predicted molar refractivity (Wildman–Crippen MR) is 59.0 cm³/mol. The summed E-state index contributed by atoms with van der Waals surface area (Å²) in [6.45, 7) is 0. The lowest BCUT2D eigenvalue weighted by Crippen LogP contribution is -1.87. The molecule has 0 saturated heterocycles. The molecule has 0 unspecified atom stereocenters. The van der Waals surface area contributed by atoms with Gasteiger partial charge in [0.25, 0.3) is 0 Å². The molecule has 0 spiro atoms. The van der Waals surface area contributed by atoms with Gasteiger partial charge in [-0.3, -0.25) is 0 Å². The summed E-state index contributed by atoms with van der Waals surface area (Å²) in [6.07, 6.45) is 0. The first-order valence-electron chi connectivity index (χ1n) is 4.97. The van der Waals surface area contributed by atoms with E-state index in [0.29, 0.717) is 21.5 Å². The maximum absolute atomic E-state index is 13.5. The average Bonchev–Trinajstić information content (AvgIpc) is 2.31. The summed E-state index contributed by atoms with van der Waals surface area (Å²) in [5.74, 6) is -2.52. The van der Waals surface area contributed by atoms with Crippen LogP contribution in [0.25, 0.3) is 21.5 Å². The normalized spacial score (nSPS) is 11.2. The molecule has 0 N–H and O–H groups in total. The van der Waals surface area contributed by atoms with Crippen molar-refractivity contribution in [3.05, 3.63) is 59.9 Å². The summed E-state index contributed by atoms with van der Waals surface area (Å²) in [4.78, 5) is 0. The van der Waals surface area contributed by atoms with E-state index >= 15 is 0 Å². The largest absolute Gasteiger partial charge is 0.206 e. The molecule has 0 aliphatic carbocycles. The van der Waals surface area contributed by atoms with E-state index in [-0.39, 0.29) is 0 Å². The van der Waals surface area contributed by atoms with Crippen molar-refractivity contribution in [2.45, 2.75) is 0 Å². The lowest BCUT2D eigenvalue weighted by Gasteiger charge is -2.04. The Morgan fingerprint density at radius 3 is 2.47 bits per heavy atom. The molecule has 82 valence electrons. The first kappa shape index (κ1) is 10.1. The summed E-state index contributed by atoms with van der Waals surface area (Å²) in [6, 6.07) is 11.8. The van der Waals surface area contributed by atoms with Gasteiger partial charge in [0.15, 0.2) is 11.6 Å². The first-order chi connectivity index (χ1) is 8.16. The van der Waals surface area contributed by atoms with Crippen LogP contribution in [0.4, 0.5) is 13.2 Å². The van der Waals surface area contributed by atoms with Crippen LogP contribution in [0, 0.1) is 29.6 Å². The van der Waals surface area contributed by atoms with Gasteiger partial charge in [0, 0.05) is 17.5 Å². The fourth-order valence-corrected chi connectivity index (χ4v) is 1.92. The zero-order chi connectivity index (χ0) is 12.0. The van der Waals surface area contributed by atoms with Crippen LogP contribution in [0.2, 0.25) is 0 Å². The minimum Gasteiger partial charge on any atom is -0.206 e. The van der Waals surface area contributed by atoms with Crippen molar-refractivity contribution in [1.82, 2.24) is 0 Å². The number of benzene rings is 3. The summed E-state index contributed by atoms with van der Waals surface area (Å²) in [7, 11) is 0. The molecule has 3 aromatic carbocycles. The molecule has 3 rings (SSSR count). The molecular formula is C14H5F3. The average molecular weight is 230 g/mol. The molecule has 17 heavy (non-hydrogen) atoms. The number of fused-ring (bicyclic) bond motifs is 3. The van der Waals surface area contributed by atoms with Gasteiger partial charge in [-0.1, -0.05) is 24.3 Å². The van der Waals surface area contributed by atoms with Crippen molar-refractivity contribution in [3.8, 4) is 0 Å². The van der Waals surface area contributed by atoms with E-state index in [1.807, 2.05) is 0 Å². The number of hydrogen-bond acceptors (Lipinski definition) is 0. The van der Waals surface area contributed by atoms with E-state index in [1.165, 1.54) is 18.2 Å². The molecule has 3 heteroatoms. The van der Waals surface area contributed by atoms with Crippen molar-refractivity contribution >= 4 is 21.5 Å². The minimum absolute atomic E-state index is 0.333. The Labute approximate surface area is 95.3 Å². The second-order valence-corrected chi connectivity index (χ2v) is 3.71. The zero-order valence-corrected chi connectivity index (χ0v) is 8.52. The van der Waals surface area contributed by atoms with Crippen LogP contribution in [-0.4, -0.2) is 0 Å². The molecule has 2 radical (unpaired) electrons. The molecule has 0 heterocycles. The SMILES string of the molecule is Fc1[c]c2ccc3c(F)[c]ccc3c2cc1F. The van der Waals surface area contributed by atoms with Gasteiger partial charge in [0.2, 0.25) is 0 Å². The molecular weight excluding hydrogens is 225 g/mol. The number of halogens is 3. The van der Waals surface area contributed by atoms with Crippen LogP contribution in [0.1, 0.15) is 0 Å². The topological polar surface area (TPSA) is 0 Å². The fourth-order valence-electron chi connectivity index (χ4n) is 1.92. The van der Waals surface area contributed by atoms with Crippen molar-refractivity contribution in [1.29, 1.82) is 0 Å². The van der Waals surface area contributed by atoms with E-state index in [2.05, 4.69) is 12.1 Å². The third kappa shape index (κ3) is 1.46. The second-order valence-electron chi connectivity index (χ2n) is 3.71. The highest BCUT2D eigenvalue weighted by atomic mass is 19.2. The van der Waals surface area contributed by atoms with Crippen molar-refractivity contribution in [2.75, 3.05) is 0 Å². The Kier molecular flexibility index (Phi) is 2.08. The molecule has 0 bridgehead atoms. The highest BCUT2D eigenvalue weighted by Crippen LogP contribution is 2.28. The summed E-state index contributed by atoms with van der Waals surface area (Å²) in [5.41, 5.74) is 0. The van der Waals surface area contributed by atoms with E-state index in [4.69, 9.17) is 0 Å². The quantitative estimate of drug-likeness (QED) is 0.512. The standard InChI is InChI=1S/C14H5F3/c15-12-3-1-2-9-10(12)5-4-8-6-13(16)14(17)7-11(8)9/h1-2,4-5,7H. The second kappa shape index (κ2) is 3.48. The van der Waals surface area contributed by atoms with Gasteiger partial charge in [0.1, 0.15) is 5.82 Å². The van der Waals surface area contributed by atoms with Crippen molar-refractivity contribution in [3.63, 3.8) is 0 Å². The Balaban J connectivity index is 2.55. The van der Waals surface area contributed by atoms with Crippen LogP contribution in [0.15, 0.2) is 30.3 Å². The molecule has 0 nitrogen and oxygen atoms in total. The molecule has 0 atom stereocenters. The van der Waals surface area contributed by atoms with Gasteiger partial charge in [-0.25, -0.2) is 13.2 Å². The van der Waals surface area contributed by atoms with Crippen LogP contribution in [0.3, 0.4) is 0 Å². The minimum atomic E-state index is -1.03. The van der Waals surface area contributed by atoms with E-state index < -0.39 is 17.5 Å². The van der Waals surface area contributed by atoms with E-state index in [0.717, 1.165) is 6.07 Å². The molecule has 0 aliphatic heterocycles. The van der Waals surface area contributed by atoms with Gasteiger partial charge in [0.05, 0.1) is 0 Å². The predicted octanol–water partition coefficient (Wildman–Crippen LogP) is 4.01. The Hall–Kier alpha value is -2.03. The lowest BCUT2D eigenvalue weighted by atomic mass is 10.0. The van der Waals surface area contributed by atoms with Gasteiger partial charge in [-0.2, -0.15) is 0 Å². The van der Waals surface area contributed by atoms with E-state index in [9.17, 15) is 13.2 Å². The molecule has 0 amide bonds. The Bertz CT molecular complexity index is 732. The monoisotopic (exact) mass is 230 g/mol. The van der Waals surface area contributed by atoms with Crippen LogP contribution >= 0.6 is 0 Å². The van der Waals surface area contributed by atoms with Crippen molar-refractivity contribution < 1.29 is 13.2 Å². The smallest absolute Gasteiger partial charge is 0.167 e. The number of hydrogen-bond donors (Lipinski definition) is 0. The van der Waals surface area contributed by atoms with E-state index in [1.54, 1.807) is 6.07 Å². The molecule has 0 aromatic heterocycles. The van der Waals surface area contributed by atoms with Gasteiger partial charge >= 0.3 is 0 Å². The van der Waals surface area contributed by atoms with Crippen molar-refractivity contribution in [2.24, 2.45) is 0 Å². The van der Waals surface area contributed by atoms with Crippen LogP contribution in [-0.2, 0) is 0 Å². The Morgan fingerprint density at radius 2 is 1.65 bits per heavy atom. The molecule has 0 saturated carbocycles. The molecule has 3 aromatic rings. The lowest BCUT2D eigenvalue weighted by molar-refractivity contribution is 0.509. The number of rotatable bonds is 0. The maximum Gasteiger partial charge on any atom is 0.167 e. The highest BCUT2D eigenvalue weighted by molar-refractivity contribution is 6.07. The highest BCUT2D eigenvalue weighted by Gasteiger charge is 2.09. The summed E-state index contributed by atoms with van der Waals surface area (Å²) in [5, 5.41) is 1.71. The maximum atomic E-state index is 13.5. The summed E-state index contributed by atoms with van der Waals surface area (Å²) < 4.78 is 39.6. The fraction of sp³-hybridized carbons (Fsp3) is 0. The zero-order valence-electron chi connectivity index (χ0n) is 8.52. The first-order valence-corrected chi connectivity index (χ1v) is 4.97. The van der Waals surface area contributed by atoms with Crippen LogP contribution < -0.4 is 0 Å². The van der Waals surface area contributed by atoms with Gasteiger partial charge in [-0.15, -0.1) is 0 Å². The van der Waals surface area contributed by atoms with Gasteiger partial charge in [-0.05, 0) is 22.2 Å².